The van der Waals surface area contributed by atoms with E-state index in [4.69, 9.17) is 9.88 Å². The highest BCUT2D eigenvalue weighted by Crippen LogP contribution is 2.27. The molecule has 0 bridgehead atoms. The minimum absolute atomic E-state index is 0.0527. The maximum Gasteiger partial charge on any atom is 0.238 e. The molecule has 2 aromatic rings. The second-order valence-corrected chi connectivity index (χ2v) is 7.54. The minimum atomic E-state index is -3.85. The summed E-state index contributed by atoms with van der Waals surface area (Å²) in [4.78, 5) is 14.1. The number of para-hydroxylation sites is 1. The van der Waals surface area contributed by atoms with E-state index in [9.17, 15) is 13.2 Å². The number of rotatable bonds is 7. The first-order valence-electron chi connectivity index (χ1n) is 7.98. The molecule has 140 valence electrons. The molecule has 0 heterocycles. The van der Waals surface area contributed by atoms with Crippen molar-refractivity contribution in [2.45, 2.75) is 17.7 Å². The lowest BCUT2D eigenvalue weighted by atomic mass is 10.1. The van der Waals surface area contributed by atoms with Crippen molar-refractivity contribution in [1.82, 2.24) is 0 Å². The Morgan fingerprint density at radius 3 is 2.50 bits per heavy atom. The van der Waals surface area contributed by atoms with Crippen LogP contribution in [-0.4, -0.2) is 35.5 Å². The molecule has 3 N–H and O–H groups in total. The van der Waals surface area contributed by atoms with Crippen molar-refractivity contribution < 1.29 is 17.9 Å². The lowest BCUT2D eigenvalue weighted by molar-refractivity contribution is -0.116. The molecule has 0 atom stereocenters. The molecule has 1 amide bonds. The topological polar surface area (TPSA) is 102 Å². The fourth-order valence-corrected chi connectivity index (χ4v) is 3.09. The molecule has 0 spiro atoms. The van der Waals surface area contributed by atoms with Crippen LogP contribution < -0.4 is 20.1 Å². The zero-order valence-corrected chi connectivity index (χ0v) is 15.8. The van der Waals surface area contributed by atoms with Gasteiger partial charge in [0.15, 0.2) is 0 Å². The largest absolute Gasteiger partial charge is 0.496 e. The van der Waals surface area contributed by atoms with Crippen molar-refractivity contribution in [3.63, 3.8) is 0 Å². The quantitative estimate of drug-likeness (QED) is 0.768. The van der Waals surface area contributed by atoms with Crippen molar-refractivity contribution in [3.05, 3.63) is 48.0 Å². The van der Waals surface area contributed by atoms with Crippen molar-refractivity contribution in [2.75, 3.05) is 31.4 Å². The lowest BCUT2D eigenvalue weighted by Gasteiger charge is -2.19. The van der Waals surface area contributed by atoms with E-state index in [1.54, 1.807) is 32.2 Å². The molecule has 7 nitrogen and oxygen atoms in total. The van der Waals surface area contributed by atoms with Crippen LogP contribution in [0.1, 0.15) is 12.0 Å². The highest BCUT2D eigenvalue weighted by molar-refractivity contribution is 7.89. The second kappa shape index (κ2) is 8.20. The van der Waals surface area contributed by atoms with E-state index < -0.39 is 10.0 Å². The first-order chi connectivity index (χ1) is 12.2. The van der Waals surface area contributed by atoms with E-state index in [1.165, 1.54) is 12.1 Å². The molecule has 0 aliphatic rings. The molecule has 0 fully saturated rings. The number of nitrogens with zero attached hydrogens (tertiary/aromatic N) is 1. The Hall–Kier alpha value is -2.58. The van der Waals surface area contributed by atoms with E-state index >= 15 is 0 Å². The van der Waals surface area contributed by atoms with Gasteiger partial charge in [-0.1, -0.05) is 18.2 Å². The Balaban J connectivity index is 2.17. The van der Waals surface area contributed by atoms with Gasteiger partial charge in [0.25, 0.3) is 0 Å². The van der Waals surface area contributed by atoms with Gasteiger partial charge in [0.05, 0.1) is 23.4 Å². The smallest absolute Gasteiger partial charge is 0.238 e. The van der Waals surface area contributed by atoms with E-state index in [2.05, 4.69) is 5.32 Å². The normalized spacial score (nSPS) is 11.1. The van der Waals surface area contributed by atoms with Crippen LogP contribution in [0.5, 0.6) is 5.75 Å². The van der Waals surface area contributed by atoms with Crippen molar-refractivity contribution in [3.8, 4) is 5.75 Å². The van der Waals surface area contributed by atoms with Gasteiger partial charge in [-0.15, -0.1) is 0 Å². The monoisotopic (exact) mass is 377 g/mol. The average molecular weight is 377 g/mol. The fourth-order valence-electron chi connectivity index (χ4n) is 2.55. The second-order valence-electron chi connectivity index (χ2n) is 5.98. The number of hydrogen-bond acceptors (Lipinski definition) is 5. The van der Waals surface area contributed by atoms with Gasteiger partial charge in [0.1, 0.15) is 5.75 Å². The van der Waals surface area contributed by atoms with Gasteiger partial charge in [0.2, 0.25) is 15.9 Å². The summed E-state index contributed by atoms with van der Waals surface area (Å²) in [5, 5.41) is 7.95. The van der Waals surface area contributed by atoms with Crippen LogP contribution in [0.4, 0.5) is 11.4 Å². The molecule has 0 aliphatic heterocycles. The molecule has 2 aromatic carbocycles. The predicted molar refractivity (Wildman–Crippen MR) is 102 cm³/mol. The van der Waals surface area contributed by atoms with Gasteiger partial charge in [-0.05, 0) is 36.2 Å². The summed E-state index contributed by atoms with van der Waals surface area (Å²) in [5.74, 6) is 0.496. The third kappa shape index (κ3) is 4.96. The third-order valence-electron chi connectivity index (χ3n) is 3.87. The van der Waals surface area contributed by atoms with Crippen LogP contribution in [0, 0.1) is 0 Å². The van der Waals surface area contributed by atoms with Gasteiger partial charge in [-0.2, -0.15) is 0 Å². The highest BCUT2D eigenvalue weighted by Gasteiger charge is 2.15. The number of ether oxygens (including phenoxy) is 1. The first-order valence-corrected chi connectivity index (χ1v) is 9.53. The molecular formula is C18H23N3O4S. The Morgan fingerprint density at radius 2 is 1.88 bits per heavy atom. The summed E-state index contributed by atoms with van der Waals surface area (Å²) in [6.07, 6.45) is 0.731. The molecule has 26 heavy (non-hydrogen) atoms. The Labute approximate surface area is 153 Å². The van der Waals surface area contributed by atoms with E-state index in [1.807, 2.05) is 24.3 Å². The molecule has 2 rings (SSSR count). The van der Waals surface area contributed by atoms with Gasteiger partial charge in [-0.25, -0.2) is 13.6 Å². The van der Waals surface area contributed by atoms with Crippen LogP contribution >= 0.6 is 0 Å². The number of carbonyl (C=O) groups excluding carboxylic acids is 1. The number of nitrogens with one attached hydrogen (secondary N) is 1. The zero-order valence-electron chi connectivity index (χ0n) is 15.0. The SMILES string of the molecule is COc1ccccc1CCC(=O)Nc1cc(S(N)(=O)=O)ccc1N(C)C. The zero-order chi connectivity index (χ0) is 19.3. The predicted octanol–water partition coefficient (Wildman–Crippen LogP) is 1.98. The summed E-state index contributed by atoms with van der Waals surface area (Å²) in [7, 11) is 1.33. The van der Waals surface area contributed by atoms with Crippen LogP contribution in [-0.2, 0) is 21.2 Å². The van der Waals surface area contributed by atoms with Crippen molar-refractivity contribution >= 4 is 27.3 Å². The van der Waals surface area contributed by atoms with Crippen LogP contribution in [0.25, 0.3) is 0 Å². The number of benzene rings is 2. The van der Waals surface area contributed by atoms with Crippen molar-refractivity contribution in [1.29, 1.82) is 0 Å². The van der Waals surface area contributed by atoms with E-state index in [-0.39, 0.29) is 17.2 Å². The number of amides is 1. The van der Waals surface area contributed by atoms with E-state index in [0.717, 1.165) is 11.3 Å². The van der Waals surface area contributed by atoms with Gasteiger partial charge < -0.3 is 15.0 Å². The lowest BCUT2D eigenvalue weighted by Crippen LogP contribution is -2.19. The maximum absolute atomic E-state index is 12.4. The van der Waals surface area contributed by atoms with Crippen LogP contribution in [0.3, 0.4) is 0 Å². The number of sulfonamides is 1. The molecular weight excluding hydrogens is 354 g/mol. The number of carbonyl (C=O) groups is 1. The minimum Gasteiger partial charge on any atom is -0.496 e. The number of hydrogen-bond donors (Lipinski definition) is 2. The summed E-state index contributed by atoms with van der Waals surface area (Å²) in [6.45, 7) is 0. The molecule has 8 heteroatoms. The number of methoxy groups -OCH3 is 1. The number of nitrogens with two attached hydrogens (primary N) is 1. The number of aryl methyl sites for hydroxylation is 1. The van der Waals surface area contributed by atoms with Crippen LogP contribution in [0.15, 0.2) is 47.4 Å². The first kappa shape index (κ1) is 19.7. The Kier molecular flexibility index (Phi) is 6.23. The molecule has 0 aromatic heterocycles. The Morgan fingerprint density at radius 1 is 1.19 bits per heavy atom. The maximum atomic E-state index is 12.4. The Bertz CT molecular complexity index is 895. The molecule has 0 saturated heterocycles. The summed E-state index contributed by atoms with van der Waals surface area (Å²) in [6, 6.07) is 11.9. The van der Waals surface area contributed by atoms with E-state index in [0.29, 0.717) is 17.8 Å². The summed E-state index contributed by atoms with van der Waals surface area (Å²) >= 11 is 0. The highest BCUT2D eigenvalue weighted by atomic mass is 32.2. The number of primary sulfonamides is 1. The molecule has 0 aliphatic carbocycles. The molecule has 0 unspecified atom stereocenters. The van der Waals surface area contributed by atoms with Crippen LogP contribution in [0.2, 0.25) is 0 Å². The molecule has 0 radical (unpaired) electrons. The van der Waals surface area contributed by atoms with Gasteiger partial charge >= 0.3 is 0 Å². The summed E-state index contributed by atoms with van der Waals surface area (Å²) < 4.78 is 28.4. The standard InChI is InChI=1S/C18H23N3O4S/c1-21(2)16-10-9-14(26(19,23)24)12-15(16)20-18(22)11-8-13-6-4-5-7-17(13)25-3/h4-7,9-10,12H,8,11H2,1-3H3,(H,20,22)(H2,19,23,24). The fraction of sp³-hybridized carbons (Fsp3) is 0.278. The third-order valence-corrected chi connectivity index (χ3v) is 4.78. The molecule has 0 saturated carbocycles. The van der Waals surface area contributed by atoms with Gasteiger partial charge in [0, 0.05) is 20.5 Å². The van der Waals surface area contributed by atoms with Crippen molar-refractivity contribution in [2.24, 2.45) is 5.14 Å². The summed E-state index contributed by atoms with van der Waals surface area (Å²) in [5.41, 5.74) is 2.01. The average Bonchev–Trinajstić information content (AvgIpc) is 2.59. The van der Waals surface area contributed by atoms with Gasteiger partial charge in [-0.3, -0.25) is 4.79 Å². The number of anilines is 2.